The number of aromatic hydroxyl groups is 1. The molecule has 0 aliphatic heterocycles. The molecular weight excluding hydrogens is 336 g/mol. The zero-order valence-electron chi connectivity index (χ0n) is 13.3. The molecule has 0 bridgehead atoms. The zero-order valence-corrected chi connectivity index (χ0v) is 14.9. The second-order valence-electron chi connectivity index (χ2n) is 5.96. The van der Waals surface area contributed by atoms with E-state index in [0.29, 0.717) is 5.75 Å². The summed E-state index contributed by atoms with van der Waals surface area (Å²) in [7, 11) is 0. The molecular formula is C20H19BrO. The molecule has 0 aliphatic carbocycles. The molecule has 0 fully saturated rings. The van der Waals surface area contributed by atoms with Gasteiger partial charge in [-0.05, 0) is 84.5 Å². The second kappa shape index (κ2) is 5.44. The van der Waals surface area contributed by atoms with Gasteiger partial charge in [-0.3, -0.25) is 0 Å². The third-order valence-corrected chi connectivity index (χ3v) is 5.06. The van der Waals surface area contributed by atoms with Crippen LogP contribution in [0.2, 0.25) is 0 Å². The van der Waals surface area contributed by atoms with Gasteiger partial charge in [0.25, 0.3) is 0 Å². The predicted molar refractivity (Wildman–Crippen MR) is 97.7 cm³/mol. The Labute approximate surface area is 139 Å². The lowest BCUT2D eigenvalue weighted by atomic mass is 9.87. The number of hydrogen-bond donors (Lipinski definition) is 1. The van der Waals surface area contributed by atoms with Crippen molar-refractivity contribution in [1.29, 1.82) is 0 Å². The number of phenols is 1. The summed E-state index contributed by atoms with van der Waals surface area (Å²) >= 11 is 3.55. The van der Waals surface area contributed by atoms with Crippen LogP contribution in [-0.2, 0) is 0 Å². The van der Waals surface area contributed by atoms with Crippen molar-refractivity contribution in [3.8, 4) is 16.9 Å². The number of halogens is 1. The highest BCUT2D eigenvalue weighted by atomic mass is 79.9. The predicted octanol–water partition coefficient (Wildman–Crippen LogP) is 6.21. The van der Waals surface area contributed by atoms with E-state index < -0.39 is 0 Å². The van der Waals surface area contributed by atoms with Gasteiger partial charge in [0.15, 0.2) is 0 Å². The van der Waals surface area contributed by atoms with Crippen LogP contribution in [0.3, 0.4) is 0 Å². The zero-order chi connectivity index (χ0) is 16.0. The number of fused-ring (bicyclic) bond motifs is 1. The first-order valence-corrected chi connectivity index (χ1v) is 8.18. The molecule has 2 heteroatoms. The van der Waals surface area contributed by atoms with E-state index >= 15 is 0 Å². The topological polar surface area (TPSA) is 20.2 Å². The first kappa shape index (κ1) is 15.1. The quantitative estimate of drug-likeness (QED) is 0.550. The fraction of sp³-hybridized carbons (Fsp3) is 0.200. The van der Waals surface area contributed by atoms with Crippen molar-refractivity contribution in [1.82, 2.24) is 0 Å². The Hall–Kier alpha value is -1.80. The molecule has 22 heavy (non-hydrogen) atoms. The highest BCUT2D eigenvalue weighted by molar-refractivity contribution is 9.10. The average molecular weight is 355 g/mol. The molecule has 3 rings (SSSR count). The van der Waals surface area contributed by atoms with E-state index in [1.807, 2.05) is 12.1 Å². The molecule has 0 aromatic heterocycles. The van der Waals surface area contributed by atoms with Crippen LogP contribution >= 0.6 is 15.9 Å². The Morgan fingerprint density at radius 2 is 1.45 bits per heavy atom. The van der Waals surface area contributed by atoms with Crippen LogP contribution in [0.5, 0.6) is 5.75 Å². The van der Waals surface area contributed by atoms with Gasteiger partial charge in [0, 0.05) is 10.0 Å². The molecule has 0 atom stereocenters. The normalized spacial score (nSPS) is 11.1. The molecule has 0 saturated heterocycles. The Balaban J connectivity index is 2.48. The summed E-state index contributed by atoms with van der Waals surface area (Å²) in [6.45, 7) is 8.54. The van der Waals surface area contributed by atoms with Crippen LogP contribution < -0.4 is 0 Å². The molecule has 0 amide bonds. The largest absolute Gasteiger partial charge is 0.507 e. The lowest BCUT2D eigenvalue weighted by molar-refractivity contribution is 0.478. The maximum Gasteiger partial charge on any atom is 0.124 e. The van der Waals surface area contributed by atoms with Crippen molar-refractivity contribution in [3.63, 3.8) is 0 Å². The molecule has 3 aromatic rings. The van der Waals surface area contributed by atoms with Gasteiger partial charge in [0.1, 0.15) is 5.75 Å². The van der Waals surface area contributed by atoms with Crippen LogP contribution in [0.25, 0.3) is 21.9 Å². The SMILES string of the molecule is Cc1cc(C)c(-c2c(O)ccc3ccc(Br)cc23)c(C)c1C. The van der Waals surface area contributed by atoms with Gasteiger partial charge in [-0.25, -0.2) is 0 Å². The Morgan fingerprint density at radius 3 is 2.18 bits per heavy atom. The summed E-state index contributed by atoms with van der Waals surface area (Å²) in [5, 5.41) is 12.8. The first-order chi connectivity index (χ1) is 10.4. The Bertz CT molecular complexity index is 889. The van der Waals surface area contributed by atoms with Gasteiger partial charge in [0.2, 0.25) is 0 Å². The van der Waals surface area contributed by atoms with E-state index in [9.17, 15) is 5.11 Å². The third-order valence-electron chi connectivity index (χ3n) is 4.57. The van der Waals surface area contributed by atoms with Gasteiger partial charge in [-0.1, -0.05) is 34.1 Å². The van der Waals surface area contributed by atoms with Crippen molar-refractivity contribution in [2.45, 2.75) is 27.7 Å². The summed E-state index contributed by atoms with van der Waals surface area (Å²) in [6, 6.07) is 12.1. The summed E-state index contributed by atoms with van der Waals surface area (Å²) in [4.78, 5) is 0. The van der Waals surface area contributed by atoms with Crippen molar-refractivity contribution < 1.29 is 5.11 Å². The monoisotopic (exact) mass is 354 g/mol. The van der Waals surface area contributed by atoms with E-state index in [-0.39, 0.29) is 0 Å². The molecule has 1 nitrogen and oxygen atoms in total. The Morgan fingerprint density at radius 1 is 0.773 bits per heavy atom. The van der Waals surface area contributed by atoms with Gasteiger partial charge in [-0.15, -0.1) is 0 Å². The van der Waals surface area contributed by atoms with Crippen LogP contribution in [0.1, 0.15) is 22.3 Å². The number of rotatable bonds is 1. The molecule has 0 aliphatic rings. The second-order valence-corrected chi connectivity index (χ2v) is 6.88. The van der Waals surface area contributed by atoms with Crippen molar-refractivity contribution in [3.05, 3.63) is 63.1 Å². The molecule has 1 N–H and O–H groups in total. The van der Waals surface area contributed by atoms with Crippen molar-refractivity contribution in [2.24, 2.45) is 0 Å². The number of phenolic OH excluding ortho intramolecular Hbond substituents is 1. The first-order valence-electron chi connectivity index (χ1n) is 7.39. The standard InChI is InChI=1S/C20H19BrO/c1-11-9-12(2)19(14(4)13(11)3)20-17-10-16(21)7-5-15(17)6-8-18(20)22/h5-10,22H,1-4H3. The number of hydrogen-bond acceptors (Lipinski definition) is 1. The van der Waals surface area contributed by atoms with E-state index in [4.69, 9.17) is 0 Å². The van der Waals surface area contributed by atoms with E-state index in [0.717, 1.165) is 26.4 Å². The van der Waals surface area contributed by atoms with Gasteiger partial charge < -0.3 is 5.11 Å². The van der Waals surface area contributed by atoms with E-state index in [2.05, 4.69) is 61.8 Å². The lowest BCUT2D eigenvalue weighted by Gasteiger charge is -2.18. The summed E-state index contributed by atoms with van der Waals surface area (Å²) in [5.41, 5.74) is 7.08. The number of benzene rings is 3. The fourth-order valence-corrected chi connectivity index (χ4v) is 3.57. The Kier molecular flexibility index (Phi) is 3.73. The van der Waals surface area contributed by atoms with Crippen LogP contribution in [0, 0.1) is 27.7 Å². The number of aryl methyl sites for hydroxylation is 2. The van der Waals surface area contributed by atoms with Crippen LogP contribution in [0.15, 0.2) is 40.9 Å². The van der Waals surface area contributed by atoms with Gasteiger partial charge in [0.05, 0.1) is 0 Å². The van der Waals surface area contributed by atoms with Crippen molar-refractivity contribution >= 4 is 26.7 Å². The van der Waals surface area contributed by atoms with Gasteiger partial charge >= 0.3 is 0 Å². The van der Waals surface area contributed by atoms with E-state index in [1.165, 1.54) is 22.3 Å². The molecule has 3 aromatic carbocycles. The minimum Gasteiger partial charge on any atom is -0.507 e. The third kappa shape index (κ3) is 2.32. The summed E-state index contributed by atoms with van der Waals surface area (Å²) in [5.74, 6) is 0.333. The van der Waals surface area contributed by atoms with Crippen molar-refractivity contribution in [2.75, 3.05) is 0 Å². The highest BCUT2D eigenvalue weighted by Gasteiger charge is 2.16. The van der Waals surface area contributed by atoms with Crippen LogP contribution in [-0.4, -0.2) is 5.11 Å². The lowest BCUT2D eigenvalue weighted by Crippen LogP contribution is -1.96. The maximum absolute atomic E-state index is 10.5. The highest BCUT2D eigenvalue weighted by Crippen LogP contribution is 2.41. The maximum atomic E-state index is 10.5. The summed E-state index contributed by atoms with van der Waals surface area (Å²) in [6.07, 6.45) is 0. The molecule has 112 valence electrons. The average Bonchev–Trinajstić information content (AvgIpc) is 2.47. The summed E-state index contributed by atoms with van der Waals surface area (Å²) < 4.78 is 1.02. The smallest absolute Gasteiger partial charge is 0.124 e. The molecule has 0 radical (unpaired) electrons. The molecule has 0 spiro atoms. The molecule has 0 saturated carbocycles. The molecule has 0 heterocycles. The minimum absolute atomic E-state index is 0.333. The van der Waals surface area contributed by atoms with Gasteiger partial charge in [-0.2, -0.15) is 0 Å². The van der Waals surface area contributed by atoms with E-state index in [1.54, 1.807) is 6.07 Å². The molecule has 0 unspecified atom stereocenters. The minimum atomic E-state index is 0.333. The van der Waals surface area contributed by atoms with Crippen LogP contribution in [0.4, 0.5) is 0 Å². The fourth-order valence-electron chi connectivity index (χ4n) is 3.21.